The molecule has 4 N–H and O–H groups in total. The molecule has 0 aliphatic carbocycles. The molecule has 6 rings (SSSR count). The lowest BCUT2D eigenvalue weighted by Crippen LogP contribution is -2.26. The van der Waals surface area contributed by atoms with E-state index >= 15 is 0 Å². The molecule has 2 aromatic heterocycles. The normalized spacial score (nSPS) is 12.5. The van der Waals surface area contributed by atoms with Gasteiger partial charge < -0.3 is 11.5 Å². The van der Waals surface area contributed by atoms with Crippen LogP contribution in [-0.4, -0.2) is 32.2 Å². The third-order valence-electron chi connectivity index (χ3n) is 8.50. The Balaban J connectivity index is 0.000000201. The molecule has 272 valence electrons. The molecule has 0 radical (unpaired) electrons. The lowest BCUT2D eigenvalue weighted by molar-refractivity contribution is 0.516. The van der Waals surface area contributed by atoms with E-state index in [1.807, 2.05) is 13.8 Å². The van der Waals surface area contributed by atoms with Gasteiger partial charge in [-0.15, -0.1) is 0 Å². The fourth-order valence-electron chi connectivity index (χ4n) is 5.84. The van der Waals surface area contributed by atoms with Gasteiger partial charge in [0.2, 0.25) is 0 Å². The van der Waals surface area contributed by atoms with E-state index in [1.54, 1.807) is 36.4 Å². The van der Waals surface area contributed by atoms with Crippen LogP contribution in [0.4, 0.5) is 17.6 Å². The second-order valence-corrected chi connectivity index (χ2v) is 13.4. The molecular weight excluding hydrogens is 719 g/mol. The summed E-state index contributed by atoms with van der Waals surface area (Å²) in [5.74, 6) is -1.89. The maximum absolute atomic E-state index is 13.7. The van der Waals surface area contributed by atoms with Crippen molar-refractivity contribution in [2.45, 2.75) is 39.5 Å². The Morgan fingerprint density at radius 2 is 1.10 bits per heavy atom. The van der Waals surface area contributed by atoms with E-state index < -0.39 is 34.4 Å². The Labute approximate surface area is 306 Å². The maximum atomic E-state index is 13.7. The molecule has 0 bridgehead atoms. The molecule has 6 aromatic rings. The highest BCUT2D eigenvalue weighted by molar-refractivity contribution is 6.35. The van der Waals surface area contributed by atoms with E-state index in [4.69, 9.17) is 34.7 Å². The van der Waals surface area contributed by atoms with Crippen molar-refractivity contribution in [3.63, 3.8) is 0 Å². The molecule has 2 unspecified atom stereocenters. The number of aromatic nitrogens is 4. The lowest BCUT2D eigenvalue weighted by Gasteiger charge is -2.17. The number of hydrogen-bond acceptors (Lipinski definition) is 6. The van der Waals surface area contributed by atoms with Gasteiger partial charge in [0.15, 0.2) is 0 Å². The van der Waals surface area contributed by atoms with Crippen LogP contribution < -0.4 is 22.6 Å². The van der Waals surface area contributed by atoms with Crippen molar-refractivity contribution in [2.24, 2.45) is 23.3 Å². The molecule has 2 heterocycles. The summed E-state index contributed by atoms with van der Waals surface area (Å²) in [6, 6.07) is 15.9. The van der Waals surface area contributed by atoms with E-state index in [2.05, 4.69) is 9.97 Å². The molecule has 0 aliphatic rings. The highest BCUT2D eigenvalue weighted by atomic mass is 35.5. The topological polar surface area (TPSA) is 122 Å². The van der Waals surface area contributed by atoms with Crippen molar-refractivity contribution in [3.8, 4) is 11.4 Å². The van der Waals surface area contributed by atoms with Crippen molar-refractivity contribution >= 4 is 45.0 Å². The first-order valence-electron chi connectivity index (χ1n) is 16.5. The summed E-state index contributed by atoms with van der Waals surface area (Å²) in [6.45, 7) is 4.97. The molecule has 0 saturated carbocycles. The van der Waals surface area contributed by atoms with E-state index in [0.717, 1.165) is 42.8 Å². The summed E-state index contributed by atoms with van der Waals surface area (Å²) >= 11 is 12.3. The molecule has 0 amide bonds. The SMILES string of the molecule is CC(CCN)Cc1nc2cccc(Cl)c2c(=O)n1-c1cc(F)cc(F)c1.CC(CN)CCc1nc2cccc(Cl)c2c(=O)n1-c1cc(F)cc(F)c1. The standard InChI is InChI=1S/2C19H18ClF2N3O/c1-11(10-23)5-6-17-24-16-4-2-3-15(20)18(16)19(26)25(17)14-8-12(21)7-13(22)9-14;1-11(5-6-23)7-17-24-16-4-2-3-15(20)18(16)19(26)25(17)14-9-12(21)8-13(22)10-14/h2-4,7-9,11H,5-6,10,23H2,1H3;2-4,8-11H,5-7,23H2,1H3. The minimum absolute atomic E-state index is 0.0803. The second-order valence-electron chi connectivity index (χ2n) is 12.6. The van der Waals surface area contributed by atoms with Crippen molar-refractivity contribution in [2.75, 3.05) is 13.1 Å². The van der Waals surface area contributed by atoms with Crippen LogP contribution in [0.25, 0.3) is 33.2 Å². The largest absolute Gasteiger partial charge is 0.330 e. The Hall–Kier alpha value is -4.62. The number of aryl methyl sites for hydroxylation is 1. The Morgan fingerprint density at radius 3 is 1.54 bits per heavy atom. The molecule has 2 atom stereocenters. The molecule has 0 fully saturated rings. The van der Waals surface area contributed by atoms with Gasteiger partial charge in [0, 0.05) is 25.0 Å². The van der Waals surface area contributed by atoms with Crippen molar-refractivity contribution in [1.29, 1.82) is 0 Å². The van der Waals surface area contributed by atoms with Gasteiger partial charge in [-0.2, -0.15) is 0 Å². The molecule has 4 aromatic carbocycles. The molecular formula is C38H36Cl2F4N6O2. The molecule has 14 heteroatoms. The van der Waals surface area contributed by atoms with Crippen LogP contribution in [-0.2, 0) is 12.8 Å². The third-order valence-corrected chi connectivity index (χ3v) is 9.13. The number of rotatable bonds is 10. The number of nitrogens with two attached hydrogens (primary N) is 2. The van der Waals surface area contributed by atoms with Crippen molar-refractivity contribution in [1.82, 2.24) is 19.1 Å². The predicted molar refractivity (Wildman–Crippen MR) is 198 cm³/mol. The average molecular weight is 756 g/mol. The van der Waals surface area contributed by atoms with Crippen LogP contribution in [0.3, 0.4) is 0 Å². The summed E-state index contributed by atoms with van der Waals surface area (Å²) in [6.07, 6.45) is 2.30. The Morgan fingerprint density at radius 1 is 0.654 bits per heavy atom. The average Bonchev–Trinajstić information content (AvgIpc) is 3.06. The van der Waals surface area contributed by atoms with Gasteiger partial charge in [-0.05, 0) is 86.3 Å². The molecule has 52 heavy (non-hydrogen) atoms. The van der Waals surface area contributed by atoms with Crippen molar-refractivity contribution in [3.05, 3.63) is 138 Å². The zero-order valence-electron chi connectivity index (χ0n) is 28.4. The highest BCUT2D eigenvalue weighted by Crippen LogP contribution is 2.24. The summed E-state index contributed by atoms with van der Waals surface area (Å²) in [7, 11) is 0. The van der Waals surface area contributed by atoms with Crippen molar-refractivity contribution < 1.29 is 17.6 Å². The molecule has 0 spiro atoms. The molecule has 0 aliphatic heterocycles. The fourth-order valence-corrected chi connectivity index (χ4v) is 6.34. The third kappa shape index (κ3) is 8.70. The smallest absolute Gasteiger partial charge is 0.267 e. The summed E-state index contributed by atoms with van der Waals surface area (Å²) in [5.41, 5.74) is 11.4. The minimum atomic E-state index is -0.771. The number of hydrogen-bond donors (Lipinski definition) is 2. The highest BCUT2D eigenvalue weighted by Gasteiger charge is 2.19. The quantitative estimate of drug-likeness (QED) is 0.138. The van der Waals surface area contributed by atoms with Crippen LogP contribution in [0.15, 0.2) is 82.4 Å². The zero-order chi connectivity index (χ0) is 37.7. The van der Waals surface area contributed by atoms with Gasteiger partial charge >= 0.3 is 0 Å². The first-order chi connectivity index (χ1) is 24.8. The number of halogens is 6. The maximum Gasteiger partial charge on any atom is 0.267 e. The van der Waals surface area contributed by atoms with Gasteiger partial charge in [0.1, 0.15) is 34.9 Å². The summed E-state index contributed by atoms with van der Waals surface area (Å²) in [4.78, 5) is 35.3. The van der Waals surface area contributed by atoms with E-state index in [1.165, 1.54) is 9.13 Å². The first kappa shape index (κ1) is 38.6. The zero-order valence-corrected chi connectivity index (χ0v) is 29.9. The van der Waals surface area contributed by atoms with E-state index in [0.29, 0.717) is 55.0 Å². The van der Waals surface area contributed by atoms with Gasteiger partial charge in [-0.1, -0.05) is 49.2 Å². The van der Waals surface area contributed by atoms with Crippen LogP contribution in [0, 0.1) is 35.1 Å². The Bertz CT molecular complexity index is 2330. The van der Waals surface area contributed by atoms with Gasteiger partial charge in [-0.25, -0.2) is 27.5 Å². The molecule has 0 saturated heterocycles. The van der Waals surface area contributed by atoms with Gasteiger partial charge in [0.25, 0.3) is 11.1 Å². The first-order valence-corrected chi connectivity index (χ1v) is 17.3. The van der Waals surface area contributed by atoms with Crippen LogP contribution >= 0.6 is 23.2 Å². The minimum Gasteiger partial charge on any atom is -0.330 e. The summed E-state index contributed by atoms with van der Waals surface area (Å²) < 4.78 is 57.4. The fraction of sp³-hybridized carbons (Fsp3) is 0.263. The van der Waals surface area contributed by atoms with E-state index in [-0.39, 0.29) is 44.0 Å². The number of fused-ring (bicyclic) bond motifs is 2. The van der Waals surface area contributed by atoms with Crippen LogP contribution in [0.5, 0.6) is 0 Å². The van der Waals surface area contributed by atoms with E-state index in [9.17, 15) is 27.2 Å². The second kappa shape index (κ2) is 16.8. The van der Waals surface area contributed by atoms with Gasteiger partial charge in [-0.3, -0.25) is 18.7 Å². The van der Waals surface area contributed by atoms with Crippen LogP contribution in [0.1, 0.15) is 38.3 Å². The monoisotopic (exact) mass is 754 g/mol. The number of benzene rings is 4. The lowest BCUT2D eigenvalue weighted by atomic mass is 10.0. The molecule has 8 nitrogen and oxygen atoms in total. The predicted octanol–water partition coefficient (Wildman–Crippen LogP) is 7.69. The van der Waals surface area contributed by atoms with Crippen LogP contribution in [0.2, 0.25) is 10.0 Å². The van der Waals surface area contributed by atoms with Gasteiger partial charge in [0.05, 0.1) is 43.2 Å². The summed E-state index contributed by atoms with van der Waals surface area (Å²) in [5, 5.41) is 0.920. The Kier molecular flexibility index (Phi) is 12.5. The number of nitrogens with zero attached hydrogens (tertiary/aromatic N) is 4.